The van der Waals surface area contributed by atoms with Crippen LogP contribution < -0.4 is 27.0 Å². The van der Waals surface area contributed by atoms with E-state index in [-0.39, 0.29) is 25.8 Å². The zero-order chi connectivity index (χ0) is 24.8. The van der Waals surface area contributed by atoms with E-state index in [2.05, 4.69) is 21.3 Å². The Balaban J connectivity index is 2.73. The van der Waals surface area contributed by atoms with Crippen molar-refractivity contribution in [3.05, 3.63) is 35.9 Å². The molecule has 33 heavy (non-hydrogen) atoms. The first kappa shape index (κ1) is 27.5. The van der Waals surface area contributed by atoms with Crippen molar-refractivity contribution in [2.45, 2.75) is 44.4 Å². The third kappa shape index (κ3) is 11.6. The number of hydrogen-bond donors (Lipinski definition) is 6. The van der Waals surface area contributed by atoms with E-state index in [0.717, 1.165) is 5.56 Å². The maximum absolute atomic E-state index is 12.8. The summed E-state index contributed by atoms with van der Waals surface area (Å²) in [5, 5.41) is 19.3. The highest BCUT2D eigenvalue weighted by atomic mass is 19.1. The maximum Gasteiger partial charge on any atom is 0.243 e. The molecule has 0 aliphatic rings. The van der Waals surface area contributed by atoms with Gasteiger partial charge in [-0.1, -0.05) is 30.3 Å². The van der Waals surface area contributed by atoms with Crippen molar-refractivity contribution in [2.75, 3.05) is 19.8 Å². The zero-order valence-corrected chi connectivity index (χ0v) is 18.3. The third-order valence-corrected chi connectivity index (χ3v) is 4.53. The van der Waals surface area contributed by atoms with E-state index in [1.807, 2.05) is 0 Å². The van der Waals surface area contributed by atoms with Gasteiger partial charge < -0.3 is 32.1 Å². The molecule has 0 bridgehead atoms. The number of primary amides is 1. The van der Waals surface area contributed by atoms with Crippen molar-refractivity contribution in [1.82, 2.24) is 21.3 Å². The highest BCUT2D eigenvalue weighted by Gasteiger charge is 2.24. The minimum Gasteiger partial charge on any atom is -0.388 e. The molecule has 0 fully saturated rings. The molecule has 0 aromatic heterocycles. The first-order valence-corrected chi connectivity index (χ1v) is 10.3. The second-order valence-corrected chi connectivity index (χ2v) is 7.34. The predicted molar refractivity (Wildman–Crippen MR) is 116 cm³/mol. The number of halogens is 1. The summed E-state index contributed by atoms with van der Waals surface area (Å²) in [6, 6.07) is 6.73. The third-order valence-electron chi connectivity index (χ3n) is 4.53. The van der Waals surface area contributed by atoms with Crippen LogP contribution in [0.4, 0.5) is 4.39 Å². The number of alkyl halides is 1. The average molecular weight is 467 g/mol. The standard InChI is InChI=1S/C21H30FN5O6/c1-13(28)24-11-19(31)27-16(9-14-5-3-2-4-6-14)21(33)25-12-20(32)26-15(17(29)10-22)7-8-18(23)30/h2-6,15-17,29H,7-12H2,1H3,(H2,23,30)(H,24,28)(H,25,33)(H,26,32)(H,27,31)/t15?,16-,17?/m0/s1. The largest absolute Gasteiger partial charge is 0.388 e. The number of amides is 5. The van der Waals surface area contributed by atoms with Gasteiger partial charge in [0.1, 0.15) is 18.8 Å². The number of rotatable bonds is 14. The second-order valence-electron chi connectivity index (χ2n) is 7.34. The normalized spacial score (nSPS) is 13.2. The molecule has 0 saturated carbocycles. The van der Waals surface area contributed by atoms with Gasteiger partial charge in [-0.05, 0) is 12.0 Å². The lowest BCUT2D eigenvalue weighted by atomic mass is 10.0. The molecule has 12 heteroatoms. The molecule has 2 unspecified atom stereocenters. The SMILES string of the molecule is CC(=O)NCC(=O)N[C@@H](Cc1ccccc1)C(=O)NCC(=O)NC(CCC(N)=O)C(O)CF. The highest BCUT2D eigenvalue weighted by molar-refractivity contribution is 5.92. The van der Waals surface area contributed by atoms with Gasteiger partial charge in [-0.15, -0.1) is 0 Å². The van der Waals surface area contributed by atoms with E-state index in [1.165, 1.54) is 6.92 Å². The number of carbonyl (C=O) groups excluding carboxylic acids is 5. The summed E-state index contributed by atoms with van der Waals surface area (Å²) < 4.78 is 12.8. The Morgan fingerprint density at radius 2 is 1.61 bits per heavy atom. The Labute approximate surface area is 190 Å². The number of carbonyl (C=O) groups is 5. The molecule has 0 radical (unpaired) electrons. The lowest BCUT2D eigenvalue weighted by Crippen LogP contribution is -2.53. The van der Waals surface area contributed by atoms with Crippen molar-refractivity contribution >= 4 is 29.5 Å². The molecule has 0 aliphatic heterocycles. The van der Waals surface area contributed by atoms with Crippen LogP contribution >= 0.6 is 0 Å². The maximum atomic E-state index is 12.8. The van der Waals surface area contributed by atoms with Crippen molar-refractivity contribution < 1.29 is 33.5 Å². The van der Waals surface area contributed by atoms with Crippen LogP contribution in [0.15, 0.2) is 30.3 Å². The topological polar surface area (TPSA) is 180 Å². The average Bonchev–Trinajstić information content (AvgIpc) is 2.78. The van der Waals surface area contributed by atoms with Crippen LogP contribution in [0.2, 0.25) is 0 Å². The Hall–Kier alpha value is -3.54. The Kier molecular flexibility index (Phi) is 12.1. The van der Waals surface area contributed by atoms with Gasteiger partial charge in [-0.3, -0.25) is 24.0 Å². The fourth-order valence-corrected chi connectivity index (χ4v) is 2.82. The molecule has 0 saturated heterocycles. The van der Waals surface area contributed by atoms with Crippen LogP contribution in [0.1, 0.15) is 25.3 Å². The number of nitrogens with one attached hydrogen (secondary N) is 4. The smallest absolute Gasteiger partial charge is 0.243 e. The van der Waals surface area contributed by atoms with Gasteiger partial charge >= 0.3 is 0 Å². The van der Waals surface area contributed by atoms with E-state index in [1.54, 1.807) is 30.3 Å². The number of hydrogen-bond acceptors (Lipinski definition) is 6. The molecule has 11 nitrogen and oxygen atoms in total. The number of aliphatic hydroxyl groups is 1. The summed E-state index contributed by atoms with van der Waals surface area (Å²) in [5.74, 6) is -3.07. The summed E-state index contributed by atoms with van der Waals surface area (Å²) in [7, 11) is 0. The van der Waals surface area contributed by atoms with Crippen LogP contribution in [-0.2, 0) is 30.4 Å². The molecule has 7 N–H and O–H groups in total. The van der Waals surface area contributed by atoms with E-state index in [0.29, 0.717) is 0 Å². The van der Waals surface area contributed by atoms with Crippen LogP contribution in [0.5, 0.6) is 0 Å². The molecule has 182 valence electrons. The van der Waals surface area contributed by atoms with Crippen molar-refractivity contribution in [3.63, 3.8) is 0 Å². The first-order valence-electron chi connectivity index (χ1n) is 10.3. The Morgan fingerprint density at radius 1 is 1.00 bits per heavy atom. The fraction of sp³-hybridized carbons (Fsp3) is 0.476. The molecule has 3 atom stereocenters. The molecule has 5 amide bonds. The summed E-state index contributed by atoms with van der Waals surface area (Å²) >= 11 is 0. The van der Waals surface area contributed by atoms with Crippen LogP contribution in [0.3, 0.4) is 0 Å². The summed E-state index contributed by atoms with van der Waals surface area (Å²) in [4.78, 5) is 58.9. The summed E-state index contributed by atoms with van der Waals surface area (Å²) in [5.41, 5.74) is 5.79. The summed E-state index contributed by atoms with van der Waals surface area (Å²) in [6.07, 6.45) is -1.66. The zero-order valence-electron chi connectivity index (χ0n) is 18.3. The quantitative estimate of drug-likeness (QED) is 0.185. The van der Waals surface area contributed by atoms with Crippen molar-refractivity contribution in [1.29, 1.82) is 0 Å². The number of benzene rings is 1. The predicted octanol–water partition coefficient (Wildman–Crippen LogP) is -1.95. The summed E-state index contributed by atoms with van der Waals surface area (Å²) in [6.45, 7) is -0.735. The van der Waals surface area contributed by atoms with Gasteiger partial charge in [-0.2, -0.15) is 0 Å². The molecule has 1 rings (SSSR count). The number of aliphatic hydroxyl groups excluding tert-OH is 1. The molecular formula is C21H30FN5O6. The molecule has 0 heterocycles. The van der Waals surface area contributed by atoms with Gasteiger partial charge in [-0.25, -0.2) is 4.39 Å². The van der Waals surface area contributed by atoms with Gasteiger partial charge in [0.15, 0.2) is 0 Å². The second kappa shape index (κ2) is 14.5. The lowest BCUT2D eigenvalue weighted by molar-refractivity contribution is -0.131. The van der Waals surface area contributed by atoms with E-state index < -0.39 is 60.9 Å². The van der Waals surface area contributed by atoms with E-state index >= 15 is 0 Å². The fourth-order valence-electron chi connectivity index (χ4n) is 2.82. The van der Waals surface area contributed by atoms with Gasteiger partial charge in [0, 0.05) is 19.8 Å². The lowest BCUT2D eigenvalue weighted by Gasteiger charge is -2.22. The molecule has 1 aromatic rings. The van der Waals surface area contributed by atoms with Crippen LogP contribution in [0, 0.1) is 0 Å². The molecular weight excluding hydrogens is 437 g/mol. The van der Waals surface area contributed by atoms with Crippen molar-refractivity contribution in [3.8, 4) is 0 Å². The monoisotopic (exact) mass is 467 g/mol. The van der Waals surface area contributed by atoms with Crippen LogP contribution in [0.25, 0.3) is 0 Å². The van der Waals surface area contributed by atoms with E-state index in [9.17, 15) is 33.5 Å². The van der Waals surface area contributed by atoms with Gasteiger partial charge in [0.05, 0.1) is 19.1 Å². The minimum absolute atomic E-state index is 0.0735. The van der Waals surface area contributed by atoms with Gasteiger partial charge in [0.2, 0.25) is 29.5 Å². The molecule has 0 spiro atoms. The number of nitrogens with two attached hydrogens (primary N) is 1. The highest BCUT2D eigenvalue weighted by Crippen LogP contribution is 2.05. The van der Waals surface area contributed by atoms with Crippen LogP contribution in [-0.4, -0.2) is 72.6 Å². The van der Waals surface area contributed by atoms with Crippen molar-refractivity contribution in [2.24, 2.45) is 5.73 Å². The molecule has 1 aromatic carbocycles. The van der Waals surface area contributed by atoms with E-state index in [4.69, 9.17) is 5.73 Å². The van der Waals surface area contributed by atoms with Gasteiger partial charge in [0.25, 0.3) is 0 Å². The molecule has 0 aliphatic carbocycles. The first-order chi connectivity index (χ1) is 15.6. The minimum atomic E-state index is -1.54. The Bertz CT molecular complexity index is 823. The Morgan fingerprint density at radius 3 is 2.18 bits per heavy atom.